The Bertz CT molecular complexity index is 244. The first-order valence-corrected chi connectivity index (χ1v) is 5.56. The van der Waals surface area contributed by atoms with Gasteiger partial charge in [0.1, 0.15) is 0 Å². The van der Waals surface area contributed by atoms with Crippen molar-refractivity contribution in [2.45, 2.75) is 31.2 Å². The molecule has 1 heterocycles. The molecule has 1 N–H and O–H groups in total. The molecule has 0 bridgehead atoms. The number of hydrogen-bond acceptors (Lipinski definition) is 2. The van der Waals surface area contributed by atoms with Gasteiger partial charge in [-0.2, -0.15) is 26.3 Å². The van der Waals surface area contributed by atoms with Crippen molar-refractivity contribution in [2.75, 3.05) is 20.3 Å². The minimum Gasteiger partial charge on any atom is -0.381 e. The lowest BCUT2D eigenvalue weighted by molar-refractivity contribution is -0.295. The van der Waals surface area contributed by atoms with E-state index in [1.54, 1.807) is 0 Å². The third kappa shape index (κ3) is 3.74. The van der Waals surface area contributed by atoms with Crippen molar-refractivity contribution >= 4 is 0 Å². The van der Waals surface area contributed by atoms with E-state index >= 15 is 0 Å². The standard InChI is InChI=1S/C10H15F6NO/c1-17-7(6-2-4-18-5-3-6)8(9(11,12)13)10(14,15)16/h6-8,17H,2-5H2,1H3. The van der Waals surface area contributed by atoms with Crippen LogP contribution >= 0.6 is 0 Å². The van der Waals surface area contributed by atoms with Crippen molar-refractivity contribution in [1.29, 1.82) is 0 Å². The van der Waals surface area contributed by atoms with Gasteiger partial charge in [0.2, 0.25) is 0 Å². The molecule has 0 aromatic carbocycles. The summed E-state index contributed by atoms with van der Waals surface area (Å²) < 4.78 is 80.7. The molecule has 0 spiro atoms. The smallest absolute Gasteiger partial charge is 0.381 e. The highest BCUT2D eigenvalue weighted by Gasteiger charge is 2.61. The van der Waals surface area contributed by atoms with Gasteiger partial charge in [0.15, 0.2) is 5.92 Å². The molecule has 18 heavy (non-hydrogen) atoms. The number of alkyl halides is 6. The molecule has 0 saturated carbocycles. The third-order valence-electron chi connectivity index (χ3n) is 3.17. The lowest BCUT2D eigenvalue weighted by atomic mass is 9.82. The maximum atomic E-state index is 12.6. The molecule has 2 nitrogen and oxygen atoms in total. The van der Waals surface area contributed by atoms with Gasteiger partial charge in [0.25, 0.3) is 0 Å². The van der Waals surface area contributed by atoms with Crippen LogP contribution in [-0.2, 0) is 4.74 Å². The zero-order valence-electron chi connectivity index (χ0n) is 9.74. The van der Waals surface area contributed by atoms with Crippen molar-refractivity contribution in [3.05, 3.63) is 0 Å². The average Bonchev–Trinajstić information content (AvgIpc) is 2.23. The minimum atomic E-state index is -5.30. The molecule has 1 saturated heterocycles. The molecule has 0 aliphatic carbocycles. The second-order valence-electron chi connectivity index (χ2n) is 4.33. The van der Waals surface area contributed by atoms with E-state index in [1.807, 2.05) is 0 Å². The fourth-order valence-corrected chi connectivity index (χ4v) is 2.34. The van der Waals surface area contributed by atoms with Gasteiger partial charge in [0, 0.05) is 19.3 Å². The van der Waals surface area contributed by atoms with E-state index in [0.29, 0.717) is 0 Å². The Balaban J connectivity index is 2.93. The topological polar surface area (TPSA) is 21.3 Å². The van der Waals surface area contributed by atoms with Gasteiger partial charge >= 0.3 is 12.4 Å². The second-order valence-corrected chi connectivity index (χ2v) is 4.33. The molecule has 0 amide bonds. The quantitative estimate of drug-likeness (QED) is 0.802. The van der Waals surface area contributed by atoms with E-state index in [9.17, 15) is 26.3 Å². The van der Waals surface area contributed by atoms with Gasteiger partial charge < -0.3 is 10.1 Å². The second kappa shape index (κ2) is 5.64. The SMILES string of the molecule is CNC(C1CCOCC1)C(C(F)(F)F)C(F)(F)F. The largest absolute Gasteiger partial charge is 0.402 e. The molecule has 1 rings (SSSR count). The average molecular weight is 279 g/mol. The van der Waals surface area contributed by atoms with E-state index in [1.165, 1.54) is 0 Å². The maximum Gasteiger partial charge on any atom is 0.402 e. The lowest BCUT2D eigenvalue weighted by Gasteiger charge is -2.37. The summed E-state index contributed by atoms with van der Waals surface area (Å²) in [5, 5.41) is 2.19. The van der Waals surface area contributed by atoms with Gasteiger partial charge in [-0.25, -0.2) is 0 Å². The highest BCUT2D eigenvalue weighted by atomic mass is 19.4. The summed E-state index contributed by atoms with van der Waals surface area (Å²) in [4.78, 5) is 0. The van der Waals surface area contributed by atoms with Crippen LogP contribution in [0.4, 0.5) is 26.3 Å². The summed E-state index contributed by atoms with van der Waals surface area (Å²) in [6, 6.07) is -1.66. The molecule has 108 valence electrons. The molecule has 8 heteroatoms. The summed E-state index contributed by atoms with van der Waals surface area (Å²) in [5.41, 5.74) is 0. The molecular weight excluding hydrogens is 264 g/mol. The monoisotopic (exact) mass is 279 g/mol. The summed E-state index contributed by atoms with van der Waals surface area (Å²) in [6.45, 7) is 0.399. The Morgan fingerprint density at radius 3 is 1.78 bits per heavy atom. The number of rotatable bonds is 3. The number of ether oxygens (including phenoxy) is 1. The van der Waals surface area contributed by atoms with E-state index in [4.69, 9.17) is 4.74 Å². The van der Waals surface area contributed by atoms with Crippen molar-refractivity contribution in [3.8, 4) is 0 Å². The molecule has 1 aliphatic heterocycles. The van der Waals surface area contributed by atoms with Gasteiger partial charge in [-0.15, -0.1) is 0 Å². The van der Waals surface area contributed by atoms with Crippen molar-refractivity contribution in [2.24, 2.45) is 11.8 Å². The predicted octanol–water partition coefficient (Wildman–Crippen LogP) is 2.74. The van der Waals surface area contributed by atoms with Crippen molar-refractivity contribution in [3.63, 3.8) is 0 Å². The van der Waals surface area contributed by atoms with Crippen LogP contribution in [-0.4, -0.2) is 38.7 Å². The fourth-order valence-electron chi connectivity index (χ4n) is 2.34. The molecule has 1 aliphatic rings. The van der Waals surface area contributed by atoms with Gasteiger partial charge in [0.05, 0.1) is 0 Å². The first-order valence-electron chi connectivity index (χ1n) is 5.56. The summed E-state index contributed by atoms with van der Waals surface area (Å²) in [7, 11) is 1.13. The molecule has 1 atom stereocenters. The molecule has 0 aromatic heterocycles. The predicted molar refractivity (Wildman–Crippen MR) is 52.0 cm³/mol. The normalized spacial score (nSPS) is 21.3. The molecule has 0 radical (unpaired) electrons. The highest BCUT2D eigenvalue weighted by molar-refractivity contribution is 4.91. The molecule has 1 fully saturated rings. The van der Waals surface area contributed by atoms with E-state index < -0.39 is 30.2 Å². The summed E-state index contributed by atoms with van der Waals surface area (Å²) in [6.07, 6.45) is -10.2. The Kier molecular flexibility index (Phi) is 4.88. The molecule has 1 unspecified atom stereocenters. The number of nitrogens with one attached hydrogen (secondary N) is 1. The molecule has 0 aromatic rings. The number of hydrogen-bond donors (Lipinski definition) is 1. The highest BCUT2D eigenvalue weighted by Crippen LogP contribution is 2.44. The number of halogens is 6. The maximum absolute atomic E-state index is 12.6. The van der Waals surface area contributed by atoms with E-state index in [2.05, 4.69) is 5.32 Å². The van der Waals surface area contributed by atoms with Crippen LogP contribution in [0.25, 0.3) is 0 Å². The van der Waals surface area contributed by atoms with Gasteiger partial charge in [-0.3, -0.25) is 0 Å². The van der Waals surface area contributed by atoms with Crippen LogP contribution in [0.1, 0.15) is 12.8 Å². The first kappa shape index (κ1) is 15.6. The van der Waals surface area contributed by atoms with E-state index in [0.717, 1.165) is 7.05 Å². The van der Waals surface area contributed by atoms with Crippen molar-refractivity contribution < 1.29 is 31.1 Å². The van der Waals surface area contributed by atoms with Crippen LogP contribution in [0.15, 0.2) is 0 Å². The van der Waals surface area contributed by atoms with Crippen LogP contribution in [0.5, 0.6) is 0 Å². The first-order chi connectivity index (χ1) is 8.18. The Hall–Kier alpha value is -0.500. The van der Waals surface area contributed by atoms with Crippen LogP contribution in [0.3, 0.4) is 0 Å². The van der Waals surface area contributed by atoms with Gasteiger partial charge in [-0.1, -0.05) is 0 Å². The van der Waals surface area contributed by atoms with Crippen LogP contribution < -0.4 is 5.32 Å². The zero-order valence-corrected chi connectivity index (χ0v) is 9.74. The van der Waals surface area contributed by atoms with E-state index in [-0.39, 0.29) is 26.1 Å². The summed E-state index contributed by atoms with van der Waals surface area (Å²) in [5.74, 6) is -4.02. The van der Waals surface area contributed by atoms with Crippen LogP contribution in [0.2, 0.25) is 0 Å². The Morgan fingerprint density at radius 1 is 1.00 bits per heavy atom. The zero-order chi connectivity index (χ0) is 14.0. The summed E-state index contributed by atoms with van der Waals surface area (Å²) >= 11 is 0. The Labute approximate surface area is 101 Å². The Morgan fingerprint density at radius 2 is 1.44 bits per heavy atom. The minimum absolute atomic E-state index is 0.200. The van der Waals surface area contributed by atoms with Gasteiger partial charge in [-0.05, 0) is 25.8 Å². The van der Waals surface area contributed by atoms with Crippen LogP contribution in [0, 0.1) is 11.8 Å². The molecular formula is C10H15F6NO. The third-order valence-corrected chi connectivity index (χ3v) is 3.17. The van der Waals surface area contributed by atoms with Crippen molar-refractivity contribution in [1.82, 2.24) is 5.32 Å². The fraction of sp³-hybridized carbons (Fsp3) is 1.00. The lowest BCUT2D eigenvalue weighted by Crippen LogP contribution is -2.54.